The van der Waals surface area contributed by atoms with Crippen LogP contribution in [-0.2, 0) is 4.74 Å². The Hall–Kier alpha value is -3.19. The minimum Gasteiger partial charge on any atom is -0.507 e. The molecule has 1 fully saturated rings. The Bertz CT molecular complexity index is 885. The zero-order valence-corrected chi connectivity index (χ0v) is 16.8. The summed E-state index contributed by atoms with van der Waals surface area (Å²) in [6.07, 6.45) is 3.09. The van der Waals surface area contributed by atoms with E-state index in [0.29, 0.717) is 0 Å². The highest BCUT2D eigenvalue weighted by molar-refractivity contribution is 6.11. The number of ether oxygens (including phenoxy) is 4. The Balaban J connectivity index is 1.82. The first kappa shape index (κ1) is 20.5. The van der Waals surface area contributed by atoms with E-state index in [9.17, 15) is 9.90 Å². The van der Waals surface area contributed by atoms with Crippen LogP contribution in [0.5, 0.6) is 23.0 Å². The van der Waals surface area contributed by atoms with Crippen LogP contribution in [0.1, 0.15) is 15.9 Å². The fourth-order valence-electron chi connectivity index (χ4n) is 3.25. The van der Waals surface area contributed by atoms with E-state index >= 15 is 0 Å². The number of methoxy groups -OCH3 is 3. The quantitative estimate of drug-likeness (QED) is 0.566. The maximum Gasteiger partial charge on any atom is 0.204 e. The standard InChI is InChI=1S/C22H25NO6/c1-26-19-14-18(25)20(22(28-3)21(19)27-2)17(24)9-6-15-4-7-16(8-5-15)23-10-12-29-13-11-23/h4-9,14,25H,10-13H2,1-3H3/b9-6+. The van der Waals surface area contributed by atoms with Crippen molar-refractivity contribution in [3.8, 4) is 23.0 Å². The second kappa shape index (κ2) is 9.34. The van der Waals surface area contributed by atoms with Crippen LogP contribution >= 0.6 is 0 Å². The average molecular weight is 399 g/mol. The summed E-state index contributed by atoms with van der Waals surface area (Å²) in [7, 11) is 4.29. The van der Waals surface area contributed by atoms with E-state index in [-0.39, 0.29) is 28.6 Å². The Morgan fingerprint density at radius 2 is 1.69 bits per heavy atom. The number of aromatic hydroxyl groups is 1. The van der Waals surface area contributed by atoms with Gasteiger partial charge in [0.25, 0.3) is 0 Å². The molecule has 0 aromatic heterocycles. The third kappa shape index (κ3) is 4.46. The normalized spacial score (nSPS) is 14.1. The zero-order chi connectivity index (χ0) is 20.8. The molecule has 7 heteroatoms. The molecule has 7 nitrogen and oxygen atoms in total. The number of rotatable bonds is 7. The maximum absolute atomic E-state index is 12.8. The maximum atomic E-state index is 12.8. The van der Waals surface area contributed by atoms with Gasteiger partial charge in [-0.2, -0.15) is 0 Å². The lowest BCUT2D eigenvalue weighted by Crippen LogP contribution is -2.36. The lowest BCUT2D eigenvalue weighted by atomic mass is 10.0. The van der Waals surface area contributed by atoms with Crippen molar-refractivity contribution in [2.75, 3.05) is 52.5 Å². The molecule has 0 radical (unpaired) electrons. The molecule has 1 aliphatic rings. The molecule has 0 aliphatic carbocycles. The van der Waals surface area contributed by atoms with Crippen LogP contribution in [0.3, 0.4) is 0 Å². The van der Waals surface area contributed by atoms with Crippen LogP contribution in [0.2, 0.25) is 0 Å². The van der Waals surface area contributed by atoms with Crippen molar-refractivity contribution in [1.82, 2.24) is 0 Å². The van der Waals surface area contributed by atoms with Crippen molar-refractivity contribution in [3.63, 3.8) is 0 Å². The van der Waals surface area contributed by atoms with Crippen LogP contribution in [0.15, 0.2) is 36.4 Å². The van der Waals surface area contributed by atoms with Crippen molar-refractivity contribution in [2.45, 2.75) is 0 Å². The van der Waals surface area contributed by atoms with E-state index in [4.69, 9.17) is 18.9 Å². The molecule has 29 heavy (non-hydrogen) atoms. The van der Waals surface area contributed by atoms with Gasteiger partial charge in [0.15, 0.2) is 17.3 Å². The second-order valence-electron chi connectivity index (χ2n) is 6.43. The SMILES string of the molecule is COc1cc(O)c(C(=O)/C=C/c2ccc(N3CCOCC3)cc2)c(OC)c1OC. The van der Waals surface area contributed by atoms with Gasteiger partial charge < -0.3 is 29.0 Å². The molecule has 0 saturated carbocycles. The minimum absolute atomic E-state index is 0.0198. The molecule has 2 aromatic carbocycles. The Morgan fingerprint density at radius 1 is 1.03 bits per heavy atom. The molecule has 1 aliphatic heterocycles. The molecular formula is C22H25NO6. The highest BCUT2D eigenvalue weighted by Crippen LogP contribution is 2.44. The number of benzene rings is 2. The Labute approximate surface area is 170 Å². The molecular weight excluding hydrogens is 374 g/mol. The number of nitrogens with zero attached hydrogens (tertiary/aromatic N) is 1. The van der Waals surface area contributed by atoms with Gasteiger partial charge in [0.1, 0.15) is 11.3 Å². The summed E-state index contributed by atoms with van der Waals surface area (Å²) >= 11 is 0. The van der Waals surface area contributed by atoms with Gasteiger partial charge in [0, 0.05) is 24.8 Å². The number of morpholine rings is 1. The fourth-order valence-corrected chi connectivity index (χ4v) is 3.25. The molecule has 1 heterocycles. The first-order chi connectivity index (χ1) is 14.1. The summed E-state index contributed by atoms with van der Waals surface area (Å²) in [6.45, 7) is 3.19. The largest absolute Gasteiger partial charge is 0.507 e. The number of carbonyl (C=O) groups is 1. The summed E-state index contributed by atoms with van der Waals surface area (Å²) in [5.74, 6) is 0.0107. The molecule has 0 atom stereocenters. The number of phenols is 1. The first-order valence-electron chi connectivity index (χ1n) is 9.26. The molecule has 0 unspecified atom stereocenters. The van der Waals surface area contributed by atoms with Gasteiger partial charge in [-0.3, -0.25) is 4.79 Å². The first-order valence-corrected chi connectivity index (χ1v) is 9.26. The average Bonchev–Trinajstić information content (AvgIpc) is 2.77. The van der Waals surface area contributed by atoms with Crippen molar-refractivity contribution in [1.29, 1.82) is 0 Å². The number of carbonyl (C=O) groups excluding carboxylic acids is 1. The monoisotopic (exact) mass is 399 g/mol. The van der Waals surface area contributed by atoms with Gasteiger partial charge >= 0.3 is 0 Å². The molecule has 154 valence electrons. The van der Waals surface area contributed by atoms with Crippen molar-refractivity contribution in [2.24, 2.45) is 0 Å². The van der Waals surface area contributed by atoms with Gasteiger partial charge in [-0.15, -0.1) is 0 Å². The van der Waals surface area contributed by atoms with E-state index < -0.39 is 5.78 Å². The topological polar surface area (TPSA) is 77.5 Å². The van der Waals surface area contributed by atoms with E-state index in [1.165, 1.54) is 33.5 Å². The van der Waals surface area contributed by atoms with E-state index in [0.717, 1.165) is 37.6 Å². The summed E-state index contributed by atoms with van der Waals surface area (Å²) in [4.78, 5) is 15.0. The summed E-state index contributed by atoms with van der Waals surface area (Å²) < 4.78 is 21.2. The van der Waals surface area contributed by atoms with E-state index in [2.05, 4.69) is 4.90 Å². The number of phenolic OH excluding ortho intramolecular Hbond substituents is 1. The van der Waals surface area contributed by atoms with Gasteiger partial charge in [-0.05, 0) is 23.8 Å². The van der Waals surface area contributed by atoms with Gasteiger partial charge in [-0.25, -0.2) is 0 Å². The molecule has 1 N–H and O–H groups in total. The van der Waals surface area contributed by atoms with Crippen molar-refractivity contribution in [3.05, 3.63) is 47.5 Å². The summed E-state index contributed by atoms with van der Waals surface area (Å²) in [5.41, 5.74) is 2.01. The third-order valence-corrected chi connectivity index (χ3v) is 4.75. The highest BCUT2D eigenvalue weighted by Gasteiger charge is 2.24. The second-order valence-corrected chi connectivity index (χ2v) is 6.43. The number of allylic oxidation sites excluding steroid dienone is 1. The Kier molecular flexibility index (Phi) is 6.61. The van der Waals surface area contributed by atoms with Crippen LogP contribution in [0, 0.1) is 0 Å². The summed E-state index contributed by atoms with van der Waals surface area (Å²) in [6, 6.07) is 9.26. The molecule has 3 rings (SSSR count). The van der Waals surface area contributed by atoms with Crippen LogP contribution in [-0.4, -0.2) is 58.5 Å². The number of ketones is 1. The molecule has 2 aromatic rings. The van der Waals surface area contributed by atoms with E-state index in [1.807, 2.05) is 24.3 Å². The summed E-state index contributed by atoms with van der Waals surface area (Å²) in [5, 5.41) is 10.3. The van der Waals surface area contributed by atoms with Crippen LogP contribution < -0.4 is 19.1 Å². The lowest BCUT2D eigenvalue weighted by Gasteiger charge is -2.28. The fraction of sp³-hybridized carbons (Fsp3) is 0.318. The van der Waals surface area contributed by atoms with Crippen LogP contribution in [0.25, 0.3) is 6.08 Å². The smallest absolute Gasteiger partial charge is 0.204 e. The molecule has 1 saturated heterocycles. The highest BCUT2D eigenvalue weighted by atomic mass is 16.5. The van der Waals surface area contributed by atoms with Crippen molar-refractivity contribution < 1.29 is 28.8 Å². The minimum atomic E-state index is -0.405. The predicted molar refractivity (Wildman–Crippen MR) is 111 cm³/mol. The number of anilines is 1. The Morgan fingerprint density at radius 3 is 2.28 bits per heavy atom. The van der Waals surface area contributed by atoms with Gasteiger partial charge in [-0.1, -0.05) is 18.2 Å². The number of hydrogen-bond donors (Lipinski definition) is 1. The van der Waals surface area contributed by atoms with Crippen LogP contribution in [0.4, 0.5) is 5.69 Å². The predicted octanol–water partition coefficient (Wildman–Crippen LogP) is 3.15. The lowest BCUT2D eigenvalue weighted by molar-refractivity contribution is 0.104. The van der Waals surface area contributed by atoms with Gasteiger partial charge in [0.2, 0.25) is 5.75 Å². The zero-order valence-electron chi connectivity index (χ0n) is 16.8. The van der Waals surface area contributed by atoms with Crippen molar-refractivity contribution >= 4 is 17.5 Å². The third-order valence-electron chi connectivity index (χ3n) is 4.75. The molecule has 0 amide bonds. The molecule has 0 bridgehead atoms. The number of hydrogen-bond acceptors (Lipinski definition) is 7. The molecule has 0 spiro atoms. The van der Waals surface area contributed by atoms with Gasteiger partial charge in [0.05, 0.1) is 34.5 Å². The van der Waals surface area contributed by atoms with E-state index in [1.54, 1.807) is 6.08 Å².